The highest BCUT2D eigenvalue weighted by Crippen LogP contribution is 2.23. The summed E-state index contributed by atoms with van der Waals surface area (Å²) in [6.07, 6.45) is 0. The summed E-state index contributed by atoms with van der Waals surface area (Å²) < 4.78 is 27.3. The van der Waals surface area contributed by atoms with E-state index in [0.717, 1.165) is 16.7 Å². The number of carbonyl (C=O) groups is 1. The zero-order valence-corrected chi connectivity index (χ0v) is 18.4. The normalized spacial score (nSPS) is 12.3. The molecule has 1 atom stereocenters. The molecule has 6 heteroatoms. The Morgan fingerprint density at radius 3 is 2.33 bits per heavy atom. The van der Waals surface area contributed by atoms with E-state index >= 15 is 0 Å². The van der Waals surface area contributed by atoms with Crippen LogP contribution in [0.3, 0.4) is 0 Å². The van der Waals surface area contributed by atoms with E-state index in [1.165, 1.54) is 23.5 Å². The number of sulfonamides is 1. The largest absolute Gasteiger partial charge is 0.346 e. The molecule has 0 saturated heterocycles. The number of hydrogen-bond donors (Lipinski definition) is 1. The van der Waals surface area contributed by atoms with Crippen LogP contribution in [0.15, 0.2) is 77.7 Å². The molecule has 1 N–H and O–H groups in total. The Kier molecular flexibility index (Phi) is 6.27. The van der Waals surface area contributed by atoms with Gasteiger partial charge in [0.1, 0.15) is 0 Å². The van der Waals surface area contributed by atoms with Gasteiger partial charge in [-0.05, 0) is 62.2 Å². The number of amides is 1. The van der Waals surface area contributed by atoms with Crippen molar-refractivity contribution in [3.05, 3.63) is 95.1 Å². The molecule has 0 unspecified atom stereocenters. The predicted octanol–water partition coefficient (Wildman–Crippen LogP) is 4.62. The molecule has 30 heavy (non-hydrogen) atoms. The third kappa shape index (κ3) is 4.54. The molecule has 1 amide bonds. The third-order valence-corrected chi connectivity index (χ3v) is 6.90. The van der Waals surface area contributed by atoms with Crippen LogP contribution >= 0.6 is 0 Å². The van der Waals surface area contributed by atoms with Gasteiger partial charge in [-0.25, -0.2) is 8.42 Å². The average Bonchev–Trinajstić information content (AvgIpc) is 2.75. The predicted molar refractivity (Wildman–Crippen MR) is 120 cm³/mol. The van der Waals surface area contributed by atoms with E-state index in [-0.39, 0.29) is 16.8 Å². The number of nitrogens with one attached hydrogen (secondary N) is 1. The highest BCUT2D eigenvalue weighted by molar-refractivity contribution is 7.92. The first-order valence-electron chi connectivity index (χ1n) is 9.72. The molecule has 156 valence electrons. The maximum Gasteiger partial charge on any atom is 0.264 e. The first-order chi connectivity index (χ1) is 14.2. The van der Waals surface area contributed by atoms with Gasteiger partial charge < -0.3 is 5.32 Å². The van der Waals surface area contributed by atoms with Crippen LogP contribution in [0.1, 0.15) is 40.0 Å². The molecule has 0 aliphatic carbocycles. The summed E-state index contributed by atoms with van der Waals surface area (Å²) in [5.74, 6) is -0.317. The van der Waals surface area contributed by atoms with E-state index in [2.05, 4.69) is 11.4 Å². The molecule has 0 aliphatic heterocycles. The zero-order chi connectivity index (χ0) is 21.9. The lowest BCUT2D eigenvalue weighted by atomic mass is 10.00. The average molecular weight is 423 g/mol. The van der Waals surface area contributed by atoms with Crippen molar-refractivity contribution < 1.29 is 13.2 Å². The van der Waals surface area contributed by atoms with Crippen molar-refractivity contribution >= 4 is 21.6 Å². The summed E-state index contributed by atoms with van der Waals surface area (Å²) in [4.78, 5) is 12.9. The monoisotopic (exact) mass is 422 g/mol. The summed E-state index contributed by atoms with van der Waals surface area (Å²) >= 11 is 0. The molecule has 0 bridgehead atoms. The summed E-state index contributed by atoms with van der Waals surface area (Å²) in [5.41, 5.74) is 4.10. The number of rotatable bonds is 6. The molecule has 5 nitrogen and oxygen atoms in total. The van der Waals surface area contributed by atoms with E-state index in [4.69, 9.17) is 0 Å². The van der Waals surface area contributed by atoms with Gasteiger partial charge in [-0.2, -0.15) is 0 Å². The molecule has 0 heterocycles. The molecule has 0 saturated carbocycles. The Bertz CT molecular complexity index is 1160. The van der Waals surface area contributed by atoms with Crippen molar-refractivity contribution in [2.75, 3.05) is 11.4 Å². The second-order valence-corrected chi connectivity index (χ2v) is 9.36. The quantitative estimate of drug-likeness (QED) is 0.630. The molecular weight excluding hydrogens is 396 g/mol. The molecule has 3 rings (SSSR count). The van der Waals surface area contributed by atoms with Gasteiger partial charge in [-0.1, -0.05) is 48.0 Å². The molecule has 0 spiro atoms. The molecule has 3 aromatic carbocycles. The van der Waals surface area contributed by atoms with Crippen molar-refractivity contribution in [3.63, 3.8) is 0 Å². The van der Waals surface area contributed by atoms with Gasteiger partial charge in [0.25, 0.3) is 15.9 Å². The number of anilines is 1. The van der Waals surface area contributed by atoms with Crippen LogP contribution in [0.5, 0.6) is 0 Å². The van der Waals surface area contributed by atoms with Gasteiger partial charge in [0.15, 0.2) is 0 Å². The van der Waals surface area contributed by atoms with Crippen LogP contribution in [0.25, 0.3) is 0 Å². The second-order valence-electron chi connectivity index (χ2n) is 7.39. The highest BCUT2D eigenvalue weighted by atomic mass is 32.2. The zero-order valence-electron chi connectivity index (χ0n) is 17.6. The van der Waals surface area contributed by atoms with E-state index in [1.807, 2.05) is 39.0 Å². The van der Waals surface area contributed by atoms with Crippen LogP contribution in [0.2, 0.25) is 0 Å². The number of aryl methyl sites for hydroxylation is 2. The van der Waals surface area contributed by atoms with Gasteiger partial charge >= 0.3 is 0 Å². The molecule has 0 fully saturated rings. The Morgan fingerprint density at radius 1 is 0.933 bits per heavy atom. The Morgan fingerprint density at radius 2 is 1.63 bits per heavy atom. The molecule has 0 aromatic heterocycles. The van der Waals surface area contributed by atoms with Crippen LogP contribution in [-0.4, -0.2) is 21.4 Å². The fourth-order valence-electron chi connectivity index (χ4n) is 3.32. The minimum absolute atomic E-state index is 0.0703. The van der Waals surface area contributed by atoms with Gasteiger partial charge in [-0.15, -0.1) is 0 Å². The van der Waals surface area contributed by atoms with Crippen molar-refractivity contribution in [3.8, 4) is 0 Å². The number of nitrogens with zero attached hydrogens (tertiary/aromatic N) is 1. The van der Waals surface area contributed by atoms with Crippen LogP contribution in [0.4, 0.5) is 5.69 Å². The summed E-state index contributed by atoms with van der Waals surface area (Å²) in [7, 11) is -2.29. The molecule has 3 aromatic rings. The maximum atomic E-state index is 13.0. The SMILES string of the molecule is Cc1ccc(C)c([C@H](C)NC(=O)c2cccc(S(=O)(=O)N(C)c3ccccc3)c2)c1. The number of benzene rings is 3. The lowest BCUT2D eigenvalue weighted by Crippen LogP contribution is -2.29. The fraction of sp³-hybridized carbons (Fsp3) is 0.208. The molecule has 0 aliphatic rings. The Labute approximate surface area is 178 Å². The minimum atomic E-state index is -3.79. The smallest absolute Gasteiger partial charge is 0.264 e. The van der Waals surface area contributed by atoms with E-state index in [9.17, 15) is 13.2 Å². The van der Waals surface area contributed by atoms with E-state index < -0.39 is 10.0 Å². The van der Waals surface area contributed by atoms with Gasteiger partial charge in [0.05, 0.1) is 16.6 Å². The Hall–Kier alpha value is -3.12. The third-order valence-electron chi connectivity index (χ3n) is 5.12. The standard InChI is InChI=1S/C24H26N2O3S/c1-17-13-14-18(2)23(15-17)19(3)25-24(27)20-9-8-12-22(16-20)30(28,29)26(4)21-10-6-5-7-11-21/h5-16,19H,1-4H3,(H,25,27)/t19-/m0/s1. The minimum Gasteiger partial charge on any atom is -0.346 e. The topological polar surface area (TPSA) is 66.5 Å². The number of para-hydroxylation sites is 1. The van der Waals surface area contributed by atoms with Crippen molar-refractivity contribution in [1.82, 2.24) is 5.32 Å². The first-order valence-corrected chi connectivity index (χ1v) is 11.2. The fourth-order valence-corrected chi connectivity index (χ4v) is 4.56. The highest BCUT2D eigenvalue weighted by Gasteiger charge is 2.23. The van der Waals surface area contributed by atoms with Crippen molar-refractivity contribution in [2.24, 2.45) is 0 Å². The first kappa shape index (κ1) is 21.6. The van der Waals surface area contributed by atoms with Crippen LogP contribution in [0, 0.1) is 13.8 Å². The van der Waals surface area contributed by atoms with Gasteiger partial charge in [0, 0.05) is 12.6 Å². The summed E-state index contributed by atoms with van der Waals surface area (Å²) in [6.45, 7) is 5.93. The van der Waals surface area contributed by atoms with E-state index in [0.29, 0.717) is 11.3 Å². The lowest BCUT2D eigenvalue weighted by molar-refractivity contribution is 0.0939. The number of hydrogen-bond acceptors (Lipinski definition) is 3. The second kappa shape index (κ2) is 8.71. The van der Waals surface area contributed by atoms with Gasteiger partial charge in [0.2, 0.25) is 0 Å². The number of carbonyl (C=O) groups excluding carboxylic acids is 1. The maximum absolute atomic E-state index is 13.0. The van der Waals surface area contributed by atoms with Gasteiger partial charge in [-0.3, -0.25) is 9.10 Å². The Balaban J connectivity index is 1.84. The summed E-state index contributed by atoms with van der Waals surface area (Å²) in [5, 5.41) is 2.97. The molecular formula is C24H26N2O3S. The van der Waals surface area contributed by atoms with Crippen molar-refractivity contribution in [1.29, 1.82) is 0 Å². The summed E-state index contributed by atoms with van der Waals surface area (Å²) in [6, 6.07) is 20.9. The van der Waals surface area contributed by atoms with Crippen molar-refractivity contribution in [2.45, 2.75) is 31.7 Å². The van der Waals surface area contributed by atoms with Crippen LogP contribution < -0.4 is 9.62 Å². The molecule has 0 radical (unpaired) electrons. The van der Waals surface area contributed by atoms with E-state index in [1.54, 1.807) is 36.4 Å². The lowest BCUT2D eigenvalue weighted by Gasteiger charge is -2.20. The van der Waals surface area contributed by atoms with Crippen LogP contribution in [-0.2, 0) is 10.0 Å².